The lowest BCUT2D eigenvalue weighted by Gasteiger charge is -2.02. The van der Waals surface area contributed by atoms with Crippen LogP contribution in [0.3, 0.4) is 0 Å². The van der Waals surface area contributed by atoms with Crippen LogP contribution in [0.25, 0.3) is 0 Å². The predicted molar refractivity (Wildman–Crippen MR) is 68.3 cm³/mol. The number of nitrogens with zero attached hydrogens (tertiary/aromatic N) is 2. The number of nitrogens with one attached hydrogen (secondary N) is 1. The van der Waals surface area contributed by atoms with Crippen molar-refractivity contribution in [2.45, 2.75) is 11.4 Å². The molecule has 0 bridgehead atoms. The topological polar surface area (TPSA) is 103 Å². The molecule has 7 nitrogen and oxygen atoms in total. The number of hydrogen-bond acceptors (Lipinski definition) is 5. The van der Waals surface area contributed by atoms with Gasteiger partial charge in [0.05, 0.1) is 18.4 Å². The van der Waals surface area contributed by atoms with Crippen LogP contribution in [0.15, 0.2) is 32.4 Å². The average Bonchev–Trinajstić information content (AvgIpc) is 2.84. The van der Waals surface area contributed by atoms with Crippen LogP contribution in [0.5, 0.6) is 0 Å². The predicted octanol–water partition coefficient (Wildman–Crippen LogP) is 1.04. The van der Waals surface area contributed by atoms with Gasteiger partial charge in [0.1, 0.15) is 10.7 Å². The van der Waals surface area contributed by atoms with Crippen LogP contribution >= 0.6 is 15.9 Å². The number of rotatable bonds is 4. The third kappa shape index (κ3) is 2.57. The highest BCUT2D eigenvalue weighted by Gasteiger charge is 2.22. The second kappa shape index (κ2) is 4.75. The molecule has 2 aromatic rings. The summed E-state index contributed by atoms with van der Waals surface area (Å²) in [6, 6.07) is 1.38. The van der Waals surface area contributed by atoms with Crippen molar-refractivity contribution in [1.29, 1.82) is 0 Å². The first-order valence-electron chi connectivity index (χ1n) is 4.92. The third-order valence-electron chi connectivity index (χ3n) is 2.15. The van der Waals surface area contributed by atoms with Crippen LogP contribution in [0.2, 0.25) is 0 Å². The minimum Gasteiger partial charge on any atom is -0.452 e. The molecule has 2 heterocycles. The van der Waals surface area contributed by atoms with Crippen LogP contribution in [0.1, 0.15) is 5.76 Å². The minimum absolute atomic E-state index is 0.00630. The first-order valence-corrected chi connectivity index (χ1v) is 7.20. The molecule has 3 N–H and O–H groups in total. The molecule has 2 rings (SSSR count). The molecule has 0 saturated carbocycles. The molecule has 98 valence electrons. The largest absolute Gasteiger partial charge is 0.452 e. The van der Waals surface area contributed by atoms with Gasteiger partial charge in [-0.25, -0.2) is 8.42 Å². The molecule has 0 amide bonds. The zero-order chi connectivity index (χ0) is 13.3. The molecule has 18 heavy (non-hydrogen) atoms. The summed E-state index contributed by atoms with van der Waals surface area (Å²) in [6.07, 6.45) is 2.96. The normalized spacial score (nSPS) is 11.7. The van der Waals surface area contributed by atoms with Crippen molar-refractivity contribution in [2.75, 3.05) is 4.72 Å². The Morgan fingerprint density at radius 3 is 2.83 bits per heavy atom. The van der Waals surface area contributed by atoms with Crippen molar-refractivity contribution in [3.63, 3.8) is 0 Å². The Labute approximate surface area is 112 Å². The summed E-state index contributed by atoms with van der Waals surface area (Å²) in [6.45, 7) is 0.126. The second-order valence-corrected chi connectivity index (χ2v) is 5.93. The third-order valence-corrected chi connectivity index (χ3v) is 4.39. The van der Waals surface area contributed by atoms with Crippen molar-refractivity contribution in [3.8, 4) is 0 Å². The maximum absolute atomic E-state index is 12.1. The molecule has 0 radical (unpaired) electrons. The SMILES string of the molecule is Cn1cc(NS(=O)(=O)c2cc(CN)oc2Br)cn1. The highest BCUT2D eigenvalue weighted by atomic mass is 79.9. The van der Waals surface area contributed by atoms with Gasteiger partial charge in [0.25, 0.3) is 10.0 Å². The lowest BCUT2D eigenvalue weighted by Crippen LogP contribution is -2.12. The molecular formula is C9H11BrN4O3S. The van der Waals surface area contributed by atoms with Gasteiger partial charge in [0.2, 0.25) is 0 Å². The van der Waals surface area contributed by atoms with Gasteiger partial charge < -0.3 is 10.2 Å². The zero-order valence-corrected chi connectivity index (χ0v) is 11.8. The van der Waals surface area contributed by atoms with Gasteiger partial charge in [-0.15, -0.1) is 0 Å². The van der Waals surface area contributed by atoms with Gasteiger partial charge in [-0.2, -0.15) is 5.10 Å². The summed E-state index contributed by atoms with van der Waals surface area (Å²) >= 11 is 3.05. The fourth-order valence-electron chi connectivity index (χ4n) is 1.37. The number of sulfonamides is 1. The van der Waals surface area contributed by atoms with Gasteiger partial charge in [-0.1, -0.05) is 0 Å². The lowest BCUT2D eigenvalue weighted by atomic mass is 10.5. The number of anilines is 1. The Hall–Kier alpha value is -1.32. The summed E-state index contributed by atoms with van der Waals surface area (Å²) in [4.78, 5) is 0.00630. The van der Waals surface area contributed by atoms with E-state index in [2.05, 4.69) is 25.8 Å². The molecule has 0 spiro atoms. The molecule has 0 aliphatic carbocycles. The van der Waals surface area contributed by atoms with Gasteiger partial charge >= 0.3 is 0 Å². The quantitative estimate of drug-likeness (QED) is 0.869. The Kier molecular flexibility index (Phi) is 3.46. The molecule has 0 atom stereocenters. The molecule has 0 saturated heterocycles. The summed E-state index contributed by atoms with van der Waals surface area (Å²) in [5, 5.41) is 3.87. The highest BCUT2D eigenvalue weighted by Crippen LogP contribution is 2.27. The molecular weight excluding hydrogens is 324 g/mol. The fourth-order valence-corrected chi connectivity index (χ4v) is 3.39. The van der Waals surface area contributed by atoms with Gasteiger partial charge in [0, 0.05) is 19.3 Å². The van der Waals surface area contributed by atoms with Crippen LogP contribution < -0.4 is 10.5 Å². The lowest BCUT2D eigenvalue weighted by molar-refractivity contribution is 0.484. The van der Waals surface area contributed by atoms with Gasteiger partial charge in [-0.3, -0.25) is 9.40 Å². The number of halogens is 1. The van der Waals surface area contributed by atoms with E-state index in [-0.39, 0.29) is 16.1 Å². The van der Waals surface area contributed by atoms with Crippen LogP contribution in [0.4, 0.5) is 5.69 Å². The number of hydrogen-bond donors (Lipinski definition) is 2. The molecule has 9 heteroatoms. The second-order valence-electron chi connectivity index (χ2n) is 3.56. The Bertz CT molecular complexity index is 661. The summed E-state index contributed by atoms with van der Waals surface area (Å²) in [7, 11) is -2.03. The van der Waals surface area contributed by atoms with E-state index in [0.717, 1.165) is 0 Å². The fraction of sp³-hybridized carbons (Fsp3) is 0.222. The summed E-state index contributed by atoms with van der Waals surface area (Å²) in [5.74, 6) is 0.383. The zero-order valence-electron chi connectivity index (χ0n) is 9.42. The molecule has 0 fully saturated rings. The van der Waals surface area contributed by atoms with Crippen LogP contribution in [-0.4, -0.2) is 18.2 Å². The van der Waals surface area contributed by atoms with E-state index >= 15 is 0 Å². The van der Waals surface area contributed by atoms with Crippen molar-refractivity contribution >= 4 is 31.6 Å². The van der Waals surface area contributed by atoms with Crippen LogP contribution in [0, 0.1) is 0 Å². The van der Waals surface area contributed by atoms with E-state index in [1.165, 1.54) is 16.9 Å². The molecule has 0 aliphatic rings. The summed E-state index contributed by atoms with van der Waals surface area (Å²) in [5.41, 5.74) is 5.76. The van der Waals surface area contributed by atoms with Crippen molar-refractivity contribution in [3.05, 3.63) is 28.9 Å². The Balaban J connectivity index is 2.33. The number of aryl methyl sites for hydroxylation is 1. The molecule has 0 aromatic carbocycles. The van der Waals surface area contributed by atoms with E-state index in [9.17, 15) is 8.42 Å². The van der Waals surface area contributed by atoms with Crippen molar-refractivity contribution in [2.24, 2.45) is 12.8 Å². The molecule has 0 aliphatic heterocycles. The molecule has 2 aromatic heterocycles. The first-order chi connectivity index (χ1) is 8.42. The van der Waals surface area contributed by atoms with Crippen molar-refractivity contribution < 1.29 is 12.8 Å². The minimum atomic E-state index is -3.72. The van der Waals surface area contributed by atoms with E-state index in [1.807, 2.05) is 0 Å². The van der Waals surface area contributed by atoms with E-state index in [1.54, 1.807) is 13.2 Å². The number of aromatic nitrogens is 2. The van der Waals surface area contributed by atoms with E-state index < -0.39 is 10.0 Å². The number of furan rings is 1. The van der Waals surface area contributed by atoms with Crippen molar-refractivity contribution in [1.82, 2.24) is 9.78 Å². The van der Waals surface area contributed by atoms with E-state index in [4.69, 9.17) is 10.2 Å². The maximum atomic E-state index is 12.1. The van der Waals surface area contributed by atoms with Gasteiger partial charge in [0.15, 0.2) is 4.67 Å². The van der Waals surface area contributed by atoms with E-state index in [0.29, 0.717) is 11.4 Å². The number of nitrogens with two attached hydrogens (primary N) is 1. The Morgan fingerprint density at radius 1 is 1.61 bits per heavy atom. The van der Waals surface area contributed by atoms with Gasteiger partial charge in [-0.05, 0) is 15.9 Å². The monoisotopic (exact) mass is 334 g/mol. The Morgan fingerprint density at radius 2 is 2.33 bits per heavy atom. The average molecular weight is 335 g/mol. The van der Waals surface area contributed by atoms with Crippen LogP contribution in [-0.2, 0) is 23.6 Å². The smallest absolute Gasteiger partial charge is 0.266 e. The maximum Gasteiger partial charge on any atom is 0.266 e. The first kappa shape index (κ1) is 13.1. The highest BCUT2D eigenvalue weighted by molar-refractivity contribution is 9.10. The standard InChI is InChI=1S/C9H11BrN4O3S/c1-14-5-6(4-12-14)13-18(15,16)8-2-7(3-11)17-9(8)10/h2,4-5,13H,3,11H2,1H3. The molecule has 0 unspecified atom stereocenters. The summed E-state index contributed by atoms with van der Waals surface area (Å²) < 4.78 is 33.3.